The molecular formula is C13H17ClOS. The largest absolute Gasteiger partial charge is 0.299 e. The van der Waals surface area contributed by atoms with Crippen LogP contribution in [0.15, 0.2) is 29.2 Å². The second-order valence-corrected chi connectivity index (χ2v) is 5.40. The summed E-state index contributed by atoms with van der Waals surface area (Å²) < 4.78 is 0. The smallest absolute Gasteiger partial charge is 0.143 e. The predicted octanol–water partition coefficient (Wildman–Crippen LogP) is 4.44. The van der Waals surface area contributed by atoms with Gasteiger partial charge in [0.2, 0.25) is 0 Å². The lowest BCUT2D eigenvalue weighted by molar-refractivity contribution is -0.117. The van der Waals surface area contributed by atoms with Crippen molar-refractivity contribution in [2.75, 3.05) is 5.75 Å². The molecule has 0 spiro atoms. The molecule has 0 aliphatic carbocycles. The van der Waals surface area contributed by atoms with Crippen LogP contribution in [0.5, 0.6) is 0 Å². The van der Waals surface area contributed by atoms with Crippen molar-refractivity contribution in [1.29, 1.82) is 0 Å². The Balaban J connectivity index is 2.40. The number of ketones is 1. The summed E-state index contributed by atoms with van der Waals surface area (Å²) in [4.78, 5) is 12.6. The number of carbonyl (C=O) groups is 1. The minimum Gasteiger partial charge on any atom is -0.299 e. The van der Waals surface area contributed by atoms with Crippen molar-refractivity contribution in [1.82, 2.24) is 0 Å². The number of rotatable bonds is 6. The second kappa shape index (κ2) is 6.97. The van der Waals surface area contributed by atoms with Gasteiger partial charge in [0.25, 0.3) is 0 Å². The highest BCUT2D eigenvalue weighted by Gasteiger charge is 2.09. The van der Waals surface area contributed by atoms with Gasteiger partial charge in [-0.05, 0) is 18.1 Å². The molecule has 0 aliphatic rings. The van der Waals surface area contributed by atoms with Crippen LogP contribution >= 0.6 is 23.4 Å². The second-order valence-electron chi connectivity index (χ2n) is 3.98. The molecule has 16 heavy (non-hydrogen) atoms. The van der Waals surface area contributed by atoms with Crippen molar-refractivity contribution in [3.8, 4) is 0 Å². The summed E-state index contributed by atoms with van der Waals surface area (Å²) in [5, 5.41) is 0.726. The van der Waals surface area contributed by atoms with Gasteiger partial charge in [-0.25, -0.2) is 0 Å². The zero-order chi connectivity index (χ0) is 12.0. The van der Waals surface area contributed by atoms with Gasteiger partial charge in [-0.3, -0.25) is 4.79 Å². The van der Waals surface area contributed by atoms with Gasteiger partial charge < -0.3 is 0 Å². The van der Waals surface area contributed by atoms with Crippen LogP contribution in [0.4, 0.5) is 0 Å². The van der Waals surface area contributed by atoms with Crippen molar-refractivity contribution in [2.24, 2.45) is 5.92 Å². The molecule has 0 fully saturated rings. The van der Waals surface area contributed by atoms with E-state index in [2.05, 4.69) is 13.8 Å². The van der Waals surface area contributed by atoms with Crippen molar-refractivity contribution in [3.63, 3.8) is 0 Å². The standard InChI is InChI=1S/C13H17ClOS/c1-3-10(2)8-11(15)9-16-13-7-5-4-6-12(13)14/h4-7,10H,3,8-9H2,1-2H3. The minimum absolute atomic E-state index is 0.305. The maximum absolute atomic E-state index is 11.6. The molecule has 0 saturated heterocycles. The highest BCUT2D eigenvalue weighted by molar-refractivity contribution is 8.00. The molecule has 1 rings (SSSR count). The quantitative estimate of drug-likeness (QED) is 0.700. The summed E-state index contributed by atoms with van der Waals surface area (Å²) in [5.41, 5.74) is 0. The number of halogens is 1. The predicted molar refractivity (Wildman–Crippen MR) is 71.3 cm³/mol. The Bertz CT molecular complexity index is 352. The fraction of sp³-hybridized carbons (Fsp3) is 0.462. The number of hydrogen-bond acceptors (Lipinski definition) is 2. The molecule has 1 atom stereocenters. The van der Waals surface area contributed by atoms with E-state index in [4.69, 9.17) is 11.6 Å². The number of benzene rings is 1. The Kier molecular flexibility index (Phi) is 5.93. The Morgan fingerprint density at radius 2 is 2.12 bits per heavy atom. The number of carbonyl (C=O) groups excluding carboxylic acids is 1. The van der Waals surface area contributed by atoms with Gasteiger partial charge in [0.15, 0.2) is 0 Å². The van der Waals surface area contributed by atoms with E-state index >= 15 is 0 Å². The van der Waals surface area contributed by atoms with Crippen molar-refractivity contribution in [2.45, 2.75) is 31.6 Å². The lowest BCUT2D eigenvalue weighted by Crippen LogP contribution is -2.07. The molecule has 1 aromatic carbocycles. The highest BCUT2D eigenvalue weighted by Crippen LogP contribution is 2.27. The van der Waals surface area contributed by atoms with E-state index in [-0.39, 0.29) is 0 Å². The highest BCUT2D eigenvalue weighted by atomic mass is 35.5. The van der Waals surface area contributed by atoms with E-state index in [1.807, 2.05) is 24.3 Å². The summed E-state index contributed by atoms with van der Waals surface area (Å²) in [6.45, 7) is 4.22. The van der Waals surface area contributed by atoms with Crippen LogP contribution in [0.3, 0.4) is 0 Å². The number of Topliss-reactive ketones (excluding diaryl/α,β-unsaturated/α-hetero) is 1. The molecule has 88 valence electrons. The Labute approximate surface area is 107 Å². The SMILES string of the molecule is CCC(C)CC(=O)CSc1ccccc1Cl. The lowest BCUT2D eigenvalue weighted by atomic mass is 10.0. The van der Waals surface area contributed by atoms with Gasteiger partial charge in [0.1, 0.15) is 5.78 Å². The lowest BCUT2D eigenvalue weighted by Gasteiger charge is -2.07. The van der Waals surface area contributed by atoms with Gasteiger partial charge in [-0.15, -0.1) is 11.8 Å². The van der Waals surface area contributed by atoms with Crippen molar-refractivity contribution >= 4 is 29.1 Å². The van der Waals surface area contributed by atoms with E-state index in [1.165, 1.54) is 11.8 Å². The van der Waals surface area contributed by atoms with Gasteiger partial charge in [-0.1, -0.05) is 44.0 Å². The van der Waals surface area contributed by atoms with Crippen LogP contribution in [0, 0.1) is 5.92 Å². The maximum atomic E-state index is 11.6. The first-order valence-electron chi connectivity index (χ1n) is 5.52. The first-order valence-corrected chi connectivity index (χ1v) is 6.88. The van der Waals surface area contributed by atoms with E-state index in [1.54, 1.807) is 0 Å². The van der Waals surface area contributed by atoms with Crippen LogP contribution < -0.4 is 0 Å². The van der Waals surface area contributed by atoms with Gasteiger partial charge in [0.05, 0.1) is 10.8 Å². The van der Waals surface area contributed by atoms with E-state index in [0.29, 0.717) is 23.9 Å². The third-order valence-electron chi connectivity index (χ3n) is 2.50. The number of hydrogen-bond donors (Lipinski definition) is 0. The summed E-state index contributed by atoms with van der Waals surface area (Å²) in [7, 11) is 0. The van der Waals surface area contributed by atoms with E-state index < -0.39 is 0 Å². The molecule has 0 aliphatic heterocycles. The summed E-state index contributed by atoms with van der Waals surface area (Å²) in [6, 6.07) is 7.63. The summed E-state index contributed by atoms with van der Waals surface area (Å²) in [6.07, 6.45) is 1.73. The van der Waals surface area contributed by atoms with Crippen LogP contribution in [0.1, 0.15) is 26.7 Å². The molecular weight excluding hydrogens is 240 g/mol. The third-order valence-corrected chi connectivity index (χ3v) is 4.07. The molecule has 3 heteroatoms. The molecule has 1 nitrogen and oxygen atoms in total. The molecule has 0 amide bonds. The van der Waals surface area contributed by atoms with Crippen LogP contribution in [0.25, 0.3) is 0 Å². The van der Waals surface area contributed by atoms with Crippen LogP contribution in [0.2, 0.25) is 5.02 Å². The van der Waals surface area contributed by atoms with Crippen molar-refractivity contribution in [3.05, 3.63) is 29.3 Å². The third kappa shape index (κ3) is 4.58. The summed E-state index contributed by atoms with van der Waals surface area (Å²) >= 11 is 7.53. The Morgan fingerprint density at radius 1 is 1.44 bits per heavy atom. The molecule has 0 aromatic heterocycles. The first-order chi connectivity index (χ1) is 7.63. The zero-order valence-corrected chi connectivity index (χ0v) is 11.3. The topological polar surface area (TPSA) is 17.1 Å². The molecule has 0 N–H and O–H groups in total. The molecule has 0 bridgehead atoms. The number of thioether (sulfide) groups is 1. The molecule has 0 radical (unpaired) electrons. The minimum atomic E-state index is 0.305. The molecule has 1 unspecified atom stereocenters. The molecule has 0 heterocycles. The van der Waals surface area contributed by atoms with Gasteiger partial charge in [0, 0.05) is 11.3 Å². The van der Waals surface area contributed by atoms with Crippen molar-refractivity contribution < 1.29 is 4.79 Å². The average Bonchev–Trinajstić information content (AvgIpc) is 2.28. The zero-order valence-electron chi connectivity index (χ0n) is 9.70. The van der Waals surface area contributed by atoms with Crippen LogP contribution in [-0.4, -0.2) is 11.5 Å². The fourth-order valence-corrected chi connectivity index (χ4v) is 2.43. The first kappa shape index (κ1) is 13.6. The Morgan fingerprint density at radius 3 is 2.75 bits per heavy atom. The van der Waals surface area contributed by atoms with Crippen LogP contribution in [-0.2, 0) is 4.79 Å². The maximum Gasteiger partial charge on any atom is 0.143 e. The average molecular weight is 257 g/mol. The summed E-state index contributed by atoms with van der Waals surface area (Å²) in [5.74, 6) is 1.31. The Hall–Kier alpha value is -0.470. The van der Waals surface area contributed by atoms with E-state index in [9.17, 15) is 4.79 Å². The fourth-order valence-electron chi connectivity index (χ4n) is 1.31. The van der Waals surface area contributed by atoms with Gasteiger partial charge in [-0.2, -0.15) is 0 Å². The monoisotopic (exact) mass is 256 g/mol. The normalized spacial score (nSPS) is 12.4. The molecule has 0 saturated carbocycles. The van der Waals surface area contributed by atoms with E-state index in [0.717, 1.165) is 16.3 Å². The van der Waals surface area contributed by atoms with Gasteiger partial charge >= 0.3 is 0 Å². The molecule has 1 aromatic rings.